The van der Waals surface area contributed by atoms with Crippen molar-refractivity contribution < 1.29 is 0 Å². The number of hydrogen-bond acceptors (Lipinski definition) is 1. The largest absolute Gasteiger partial charge is 0.309 e. The van der Waals surface area contributed by atoms with E-state index in [1.165, 1.54) is 49.2 Å². The van der Waals surface area contributed by atoms with Crippen LogP contribution >= 0.6 is 0 Å². The summed E-state index contributed by atoms with van der Waals surface area (Å²) in [5.41, 5.74) is 10.0. The number of benzene rings is 8. The Morgan fingerprint density at radius 3 is 1.81 bits per heavy atom. The zero-order chi connectivity index (χ0) is 31.8. The minimum atomic E-state index is 0.669. The number of fused-ring (bicyclic) bond motifs is 9. The van der Waals surface area contributed by atoms with Crippen LogP contribution in [0.2, 0.25) is 0 Å². The molecule has 2 aromatic heterocycles. The molecule has 0 aliphatic heterocycles. The summed E-state index contributed by atoms with van der Waals surface area (Å²) in [6.07, 6.45) is 0. The van der Waals surface area contributed by atoms with E-state index >= 15 is 0 Å². The number of nitrogens with zero attached hydrogens (tertiary/aromatic N) is 3. The molecular formula is C45H27N3. The van der Waals surface area contributed by atoms with Gasteiger partial charge in [-0.25, -0.2) is 0 Å². The molecule has 0 unspecified atom stereocenters. The Hall–Kier alpha value is -6.63. The number of nitriles is 1. The van der Waals surface area contributed by atoms with Gasteiger partial charge in [-0.05, 0) is 81.7 Å². The predicted molar refractivity (Wildman–Crippen MR) is 200 cm³/mol. The first-order valence-corrected chi connectivity index (χ1v) is 16.3. The van der Waals surface area contributed by atoms with Crippen LogP contribution in [-0.4, -0.2) is 9.13 Å². The number of aromatic nitrogens is 2. The van der Waals surface area contributed by atoms with E-state index in [1.54, 1.807) is 0 Å². The predicted octanol–water partition coefficient (Wildman–Crippen LogP) is 11.7. The van der Waals surface area contributed by atoms with Crippen molar-refractivity contribution in [3.05, 3.63) is 169 Å². The van der Waals surface area contributed by atoms with Crippen molar-refractivity contribution >= 4 is 65.2 Å². The summed E-state index contributed by atoms with van der Waals surface area (Å²) in [6, 6.07) is 60.9. The van der Waals surface area contributed by atoms with Crippen molar-refractivity contribution in [1.82, 2.24) is 9.13 Å². The van der Waals surface area contributed by atoms with Gasteiger partial charge in [0.25, 0.3) is 0 Å². The third-order valence-electron chi connectivity index (χ3n) is 9.91. The SMILES string of the molecule is N#Cc1ccc2ccc3ccc(-n4c5ccccc5c5cccc(-c6cccc7c6c6ccccc6n7-c6ccccc6)c54)cc3c2c1. The first kappa shape index (κ1) is 26.6. The normalized spacial score (nSPS) is 11.7. The molecule has 222 valence electrons. The molecule has 8 aromatic carbocycles. The van der Waals surface area contributed by atoms with Crippen LogP contribution in [-0.2, 0) is 0 Å². The molecule has 3 nitrogen and oxygen atoms in total. The molecule has 10 aromatic rings. The van der Waals surface area contributed by atoms with E-state index in [0.29, 0.717) is 5.56 Å². The van der Waals surface area contributed by atoms with Crippen molar-refractivity contribution in [3.63, 3.8) is 0 Å². The fourth-order valence-electron chi connectivity index (χ4n) is 7.85. The third kappa shape index (κ3) is 3.75. The second-order valence-electron chi connectivity index (χ2n) is 12.5. The van der Waals surface area contributed by atoms with E-state index in [2.05, 4.69) is 161 Å². The van der Waals surface area contributed by atoms with Gasteiger partial charge in [0.05, 0.1) is 33.7 Å². The van der Waals surface area contributed by atoms with E-state index in [1.807, 2.05) is 18.2 Å². The topological polar surface area (TPSA) is 33.6 Å². The van der Waals surface area contributed by atoms with Crippen LogP contribution < -0.4 is 0 Å². The van der Waals surface area contributed by atoms with E-state index in [0.717, 1.165) is 38.4 Å². The quantitative estimate of drug-likeness (QED) is 0.183. The standard InChI is InChI=1S/C45H27N3/c46-28-29-20-21-30-22-23-31-24-25-33(27-40(31)39(30)26-29)48-41-17-6-4-12-34(41)36-15-8-16-37(45(36)48)35-14-9-19-43-44(35)38-13-5-7-18-42(38)47(43)32-10-2-1-3-11-32/h1-27H. The van der Waals surface area contributed by atoms with Crippen LogP contribution in [0.15, 0.2) is 164 Å². The number of hydrogen-bond donors (Lipinski definition) is 0. The van der Waals surface area contributed by atoms with Crippen molar-refractivity contribution in [2.24, 2.45) is 0 Å². The molecule has 0 aliphatic rings. The van der Waals surface area contributed by atoms with E-state index in [9.17, 15) is 5.26 Å². The summed E-state index contributed by atoms with van der Waals surface area (Å²) in [7, 11) is 0. The fourth-order valence-corrected chi connectivity index (χ4v) is 7.85. The Morgan fingerprint density at radius 1 is 0.396 bits per heavy atom. The molecule has 0 aliphatic carbocycles. The van der Waals surface area contributed by atoms with Crippen LogP contribution in [0.25, 0.3) is 87.7 Å². The van der Waals surface area contributed by atoms with Crippen molar-refractivity contribution in [1.29, 1.82) is 5.26 Å². The van der Waals surface area contributed by atoms with E-state index in [4.69, 9.17) is 0 Å². The highest BCUT2D eigenvalue weighted by atomic mass is 15.0. The molecule has 0 spiro atoms. The maximum absolute atomic E-state index is 9.70. The molecule has 2 heterocycles. The smallest absolute Gasteiger partial charge is 0.0991 e. The monoisotopic (exact) mass is 609 g/mol. The zero-order valence-electron chi connectivity index (χ0n) is 25.9. The molecule has 0 fully saturated rings. The van der Waals surface area contributed by atoms with Gasteiger partial charge in [0.2, 0.25) is 0 Å². The molecular weight excluding hydrogens is 583 g/mol. The number of rotatable bonds is 3. The molecule has 48 heavy (non-hydrogen) atoms. The average Bonchev–Trinajstić information content (AvgIpc) is 3.68. The lowest BCUT2D eigenvalue weighted by Crippen LogP contribution is -1.96. The first-order chi connectivity index (χ1) is 23.8. The Labute approximate surface area is 276 Å². The molecule has 0 saturated carbocycles. The van der Waals surface area contributed by atoms with Crippen LogP contribution in [0.3, 0.4) is 0 Å². The van der Waals surface area contributed by atoms with E-state index < -0.39 is 0 Å². The van der Waals surface area contributed by atoms with Gasteiger partial charge in [0.15, 0.2) is 0 Å². The van der Waals surface area contributed by atoms with Gasteiger partial charge < -0.3 is 9.13 Å². The van der Waals surface area contributed by atoms with Gasteiger partial charge in [-0.15, -0.1) is 0 Å². The Kier molecular flexibility index (Phi) is 5.64. The van der Waals surface area contributed by atoms with Crippen LogP contribution in [0.4, 0.5) is 0 Å². The van der Waals surface area contributed by atoms with Crippen molar-refractivity contribution in [2.45, 2.75) is 0 Å². The highest BCUT2D eigenvalue weighted by Crippen LogP contribution is 2.44. The highest BCUT2D eigenvalue weighted by Gasteiger charge is 2.21. The lowest BCUT2D eigenvalue weighted by atomic mass is 9.97. The molecule has 0 radical (unpaired) electrons. The molecule has 0 N–H and O–H groups in total. The van der Waals surface area contributed by atoms with E-state index in [-0.39, 0.29) is 0 Å². The Balaban J connectivity index is 1.33. The van der Waals surface area contributed by atoms with Crippen LogP contribution in [0.5, 0.6) is 0 Å². The summed E-state index contributed by atoms with van der Waals surface area (Å²) in [6.45, 7) is 0. The average molecular weight is 610 g/mol. The Bertz CT molecular complexity index is 2950. The van der Waals surface area contributed by atoms with Gasteiger partial charge in [0.1, 0.15) is 0 Å². The second kappa shape index (κ2) is 10.2. The summed E-state index contributed by atoms with van der Waals surface area (Å²) < 4.78 is 4.81. The Morgan fingerprint density at radius 2 is 1.00 bits per heavy atom. The number of para-hydroxylation sites is 4. The molecule has 0 atom stereocenters. The fraction of sp³-hybridized carbons (Fsp3) is 0. The minimum absolute atomic E-state index is 0.669. The zero-order valence-corrected chi connectivity index (χ0v) is 25.9. The maximum Gasteiger partial charge on any atom is 0.0991 e. The third-order valence-corrected chi connectivity index (χ3v) is 9.91. The molecule has 0 bridgehead atoms. The molecule has 10 rings (SSSR count). The van der Waals surface area contributed by atoms with Gasteiger partial charge in [0, 0.05) is 38.5 Å². The maximum atomic E-state index is 9.70. The summed E-state index contributed by atoms with van der Waals surface area (Å²) in [4.78, 5) is 0. The molecule has 0 amide bonds. The summed E-state index contributed by atoms with van der Waals surface area (Å²) in [5, 5.41) is 19.1. The van der Waals surface area contributed by atoms with Gasteiger partial charge in [-0.1, -0.05) is 109 Å². The van der Waals surface area contributed by atoms with Crippen LogP contribution in [0.1, 0.15) is 5.56 Å². The summed E-state index contributed by atoms with van der Waals surface area (Å²) >= 11 is 0. The lowest BCUT2D eigenvalue weighted by molar-refractivity contribution is 1.18. The highest BCUT2D eigenvalue weighted by molar-refractivity contribution is 6.21. The lowest BCUT2D eigenvalue weighted by Gasteiger charge is -2.14. The first-order valence-electron chi connectivity index (χ1n) is 16.3. The second-order valence-corrected chi connectivity index (χ2v) is 12.5. The van der Waals surface area contributed by atoms with Gasteiger partial charge in [-0.3, -0.25) is 0 Å². The molecule has 3 heteroatoms. The summed E-state index contributed by atoms with van der Waals surface area (Å²) in [5.74, 6) is 0. The molecule has 0 saturated heterocycles. The van der Waals surface area contributed by atoms with Gasteiger partial charge >= 0.3 is 0 Å². The van der Waals surface area contributed by atoms with Crippen molar-refractivity contribution in [3.8, 4) is 28.6 Å². The van der Waals surface area contributed by atoms with Crippen molar-refractivity contribution in [2.75, 3.05) is 0 Å². The van der Waals surface area contributed by atoms with Gasteiger partial charge in [-0.2, -0.15) is 5.26 Å². The minimum Gasteiger partial charge on any atom is -0.309 e. The van der Waals surface area contributed by atoms with Crippen LogP contribution in [0, 0.1) is 11.3 Å².